The monoisotopic (exact) mass is 266 g/mol. The van der Waals surface area contributed by atoms with E-state index in [1.807, 2.05) is 22.9 Å². The molecule has 3 aromatic heterocycles. The molecule has 0 saturated carbocycles. The van der Waals surface area contributed by atoms with Crippen molar-refractivity contribution in [2.75, 3.05) is 5.75 Å². The van der Waals surface area contributed by atoms with E-state index in [-0.39, 0.29) is 0 Å². The Bertz CT molecular complexity index is 654. The molecule has 3 heterocycles. The van der Waals surface area contributed by atoms with Crippen molar-refractivity contribution < 1.29 is 4.42 Å². The topological polar surface area (TPSA) is 56.2 Å². The molecule has 5 nitrogen and oxygen atoms in total. The number of nitrogens with zero attached hydrogens (tertiary/aromatic N) is 4. The Morgan fingerprint density at radius 1 is 1.47 bits per heavy atom. The highest BCUT2D eigenvalue weighted by molar-refractivity contribution is 7.99. The van der Waals surface area contributed by atoms with Crippen molar-refractivity contribution in [3.05, 3.63) is 17.3 Å². The summed E-state index contributed by atoms with van der Waals surface area (Å²) in [6.07, 6.45) is 1.96. The number of fused-ring (bicyclic) bond motifs is 1. The van der Waals surface area contributed by atoms with Crippen LogP contribution in [0.4, 0.5) is 0 Å². The van der Waals surface area contributed by atoms with Gasteiger partial charge >= 0.3 is 0 Å². The molecule has 0 aliphatic carbocycles. The second kappa shape index (κ2) is 4.15. The van der Waals surface area contributed by atoms with Gasteiger partial charge in [-0.05, 0) is 12.7 Å². The van der Waals surface area contributed by atoms with Crippen molar-refractivity contribution in [1.82, 2.24) is 19.6 Å². The van der Waals surface area contributed by atoms with Gasteiger partial charge in [0.25, 0.3) is 11.1 Å². The minimum absolute atomic E-state index is 0.532. The van der Waals surface area contributed by atoms with E-state index in [0.717, 1.165) is 22.1 Å². The molecule has 0 aromatic carbocycles. The number of aromatic nitrogens is 4. The van der Waals surface area contributed by atoms with Gasteiger partial charge in [0.1, 0.15) is 5.69 Å². The first-order chi connectivity index (χ1) is 8.29. The number of thiazole rings is 1. The van der Waals surface area contributed by atoms with Crippen LogP contribution in [-0.2, 0) is 0 Å². The molecule has 0 aliphatic rings. The molecule has 0 N–H and O–H groups in total. The van der Waals surface area contributed by atoms with Gasteiger partial charge in [0.2, 0.25) is 0 Å². The Kier molecular flexibility index (Phi) is 2.64. The summed E-state index contributed by atoms with van der Waals surface area (Å²) in [5.41, 5.74) is 1.80. The van der Waals surface area contributed by atoms with E-state index in [4.69, 9.17) is 4.42 Å². The molecule has 0 aliphatic heterocycles. The van der Waals surface area contributed by atoms with Gasteiger partial charge in [-0.1, -0.05) is 18.7 Å². The summed E-state index contributed by atoms with van der Waals surface area (Å²) in [6, 6.07) is 0. The summed E-state index contributed by atoms with van der Waals surface area (Å²) < 4.78 is 7.59. The van der Waals surface area contributed by atoms with Crippen LogP contribution in [0.5, 0.6) is 0 Å². The quantitative estimate of drug-likeness (QED) is 0.682. The van der Waals surface area contributed by atoms with E-state index in [2.05, 4.69) is 22.1 Å². The molecular formula is C10H10N4OS2. The highest BCUT2D eigenvalue weighted by atomic mass is 32.2. The zero-order valence-corrected chi connectivity index (χ0v) is 11.0. The van der Waals surface area contributed by atoms with Crippen LogP contribution in [-0.4, -0.2) is 25.3 Å². The zero-order valence-electron chi connectivity index (χ0n) is 9.38. The lowest BCUT2D eigenvalue weighted by molar-refractivity contribution is 0.464. The maximum Gasteiger partial charge on any atom is 0.276 e. The average Bonchev–Trinajstić information content (AvgIpc) is 2.94. The molecule has 0 fully saturated rings. The van der Waals surface area contributed by atoms with Crippen molar-refractivity contribution >= 4 is 28.1 Å². The van der Waals surface area contributed by atoms with Gasteiger partial charge in [0.15, 0.2) is 4.96 Å². The summed E-state index contributed by atoms with van der Waals surface area (Å²) >= 11 is 3.13. The van der Waals surface area contributed by atoms with Gasteiger partial charge in [0.05, 0.1) is 5.69 Å². The van der Waals surface area contributed by atoms with Crippen LogP contribution >= 0.6 is 23.1 Å². The molecule has 7 heteroatoms. The largest absolute Gasteiger partial charge is 0.410 e. The second-order valence-electron chi connectivity index (χ2n) is 3.41. The molecule has 88 valence electrons. The fourth-order valence-corrected chi connectivity index (χ4v) is 2.88. The van der Waals surface area contributed by atoms with Gasteiger partial charge in [-0.2, -0.15) is 0 Å². The average molecular weight is 266 g/mol. The fourth-order valence-electron chi connectivity index (χ4n) is 1.64. The summed E-state index contributed by atoms with van der Waals surface area (Å²) in [5, 5.41) is 10.7. The normalized spacial score (nSPS) is 11.4. The fraction of sp³-hybridized carbons (Fsp3) is 0.300. The number of rotatable bonds is 3. The molecule has 3 rings (SSSR count). The lowest BCUT2D eigenvalue weighted by atomic mass is 10.3. The smallest absolute Gasteiger partial charge is 0.276 e. The van der Waals surface area contributed by atoms with E-state index >= 15 is 0 Å². The first kappa shape index (κ1) is 10.8. The highest BCUT2D eigenvalue weighted by Crippen LogP contribution is 2.28. The van der Waals surface area contributed by atoms with Crippen molar-refractivity contribution in [2.45, 2.75) is 19.1 Å². The number of thioether (sulfide) groups is 1. The van der Waals surface area contributed by atoms with Gasteiger partial charge in [-0.15, -0.1) is 21.5 Å². The lowest BCUT2D eigenvalue weighted by Gasteiger charge is -1.93. The van der Waals surface area contributed by atoms with Crippen LogP contribution in [0.2, 0.25) is 0 Å². The summed E-state index contributed by atoms with van der Waals surface area (Å²) in [5.74, 6) is 1.45. The summed E-state index contributed by atoms with van der Waals surface area (Å²) in [7, 11) is 0. The Balaban J connectivity index is 2.12. The molecule has 0 spiro atoms. The number of hydrogen-bond acceptors (Lipinski definition) is 6. The Labute approximate surface area is 106 Å². The zero-order chi connectivity index (χ0) is 11.8. The highest BCUT2D eigenvalue weighted by Gasteiger charge is 2.17. The predicted octanol–water partition coefficient (Wildman–Crippen LogP) is 2.87. The van der Waals surface area contributed by atoms with Crippen LogP contribution in [0.25, 0.3) is 16.5 Å². The van der Waals surface area contributed by atoms with Crippen molar-refractivity contribution in [3.63, 3.8) is 0 Å². The van der Waals surface area contributed by atoms with Crippen LogP contribution in [0.3, 0.4) is 0 Å². The van der Waals surface area contributed by atoms with Crippen LogP contribution in [0.1, 0.15) is 12.6 Å². The lowest BCUT2D eigenvalue weighted by Crippen LogP contribution is -1.86. The molecule has 0 bridgehead atoms. The van der Waals surface area contributed by atoms with Crippen molar-refractivity contribution in [2.24, 2.45) is 0 Å². The van der Waals surface area contributed by atoms with E-state index in [9.17, 15) is 0 Å². The third-order valence-corrected chi connectivity index (χ3v) is 3.77. The number of hydrogen-bond donors (Lipinski definition) is 0. The maximum absolute atomic E-state index is 5.61. The molecule has 0 unspecified atom stereocenters. The first-order valence-electron chi connectivity index (χ1n) is 5.18. The van der Waals surface area contributed by atoms with E-state index in [1.165, 1.54) is 11.8 Å². The van der Waals surface area contributed by atoms with Crippen molar-refractivity contribution in [3.8, 4) is 11.6 Å². The molecule has 0 radical (unpaired) electrons. The molecule has 3 aromatic rings. The third kappa shape index (κ3) is 1.75. The maximum atomic E-state index is 5.61. The van der Waals surface area contributed by atoms with Gasteiger partial charge in [0, 0.05) is 11.6 Å². The Morgan fingerprint density at radius 2 is 2.35 bits per heavy atom. The molecule has 17 heavy (non-hydrogen) atoms. The standard InChI is InChI=1S/C10H10N4OS2/c1-3-16-10-13-12-8(15-10)7-6(2)11-9-14(7)4-5-17-9/h4-5H,3H2,1-2H3. The molecule has 0 atom stereocenters. The van der Waals surface area contributed by atoms with E-state index in [0.29, 0.717) is 11.1 Å². The van der Waals surface area contributed by atoms with Gasteiger partial charge < -0.3 is 4.42 Å². The number of imidazole rings is 1. The molecule has 0 amide bonds. The minimum Gasteiger partial charge on any atom is -0.410 e. The third-order valence-electron chi connectivity index (χ3n) is 2.31. The first-order valence-corrected chi connectivity index (χ1v) is 7.05. The predicted molar refractivity (Wildman–Crippen MR) is 67.5 cm³/mol. The summed E-state index contributed by atoms with van der Waals surface area (Å²) in [4.78, 5) is 5.40. The number of aryl methyl sites for hydroxylation is 1. The Hall–Kier alpha value is -1.34. The summed E-state index contributed by atoms with van der Waals surface area (Å²) in [6.45, 7) is 4.00. The Morgan fingerprint density at radius 3 is 3.18 bits per heavy atom. The van der Waals surface area contributed by atoms with E-state index < -0.39 is 0 Å². The molecular weight excluding hydrogens is 256 g/mol. The van der Waals surface area contributed by atoms with Crippen LogP contribution in [0.15, 0.2) is 21.2 Å². The molecule has 0 saturated heterocycles. The van der Waals surface area contributed by atoms with Crippen LogP contribution in [0, 0.1) is 6.92 Å². The van der Waals surface area contributed by atoms with Crippen molar-refractivity contribution in [1.29, 1.82) is 0 Å². The minimum atomic E-state index is 0.532. The SMILES string of the molecule is CCSc1nnc(-c2c(C)nc3sccn23)o1. The second-order valence-corrected chi connectivity index (χ2v) is 5.50. The van der Waals surface area contributed by atoms with Gasteiger partial charge in [-0.25, -0.2) is 4.98 Å². The van der Waals surface area contributed by atoms with E-state index in [1.54, 1.807) is 11.3 Å². The van der Waals surface area contributed by atoms with Gasteiger partial charge in [-0.3, -0.25) is 4.40 Å². The van der Waals surface area contributed by atoms with Crippen LogP contribution < -0.4 is 0 Å².